The summed E-state index contributed by atoms with van der Waals surface area (Å²) in [6.45, 7) is 2.57. The first kappa shape index (κ1) is 16.0. The van der Waals surface area contributed by atoms with Crippen LogP contribution in [0.5, 0.6) is 0 Å². The molecule has 0 spiro atoms. The fourth-order valence-corrected chi connectivity index (χ4v) is 2.62. The summed E-state index contributed by atoms with van der Waals surface area (Å²) in [5.41, 5.74) is 3.18. The molecule has 1 atom stereocenters. The first-order chi connectivity index (χ1) is 11.7. The van der Waals surface area contributed by atoms with E-state index in [1.54, 1.807) is 6.20 Å². The van der Waals surface area contributed by atoms with Gasteiger partial charge in [-0.15, -0.1) is 0 Å². The summed E-state index contributed by atoms with van der Waals surface area (Å²) in [5, 5.41) is 7.31. The molecule has 0 aliphatic heterocycles. The van der Waals surface area contributed by atoms with Gasteiger partial charge in [0.05, 0.1) is 11.9 Å². The summed E-state index contributed by atoms with van der Waals surface area (Å²) in [4.78, 5) is 12.1. The number of hydrogen-bond donors (Lipinski definition) is 1. The predicted molar refractivity (Wildman–Crippen MR) is 94.9 cm³/mol. The van der Waals surface area contributed by atoms with E-state index in [-0.39, 0.29) is 11.8 Å². The van der Waals surface area contributed by atoms with Crippen LogP contribution in [0.2, 0.25) is 0 Å². The molecule has 4 heteroatoms. The summed E-state index contributed by atoms with van der Waals surface area (Å²) >= 11 is 0. The SMILES string of the molecule is CC(CC(=O)NCc1cnn(-c2ccccc2)c1)c1ccccc1. The molecule has 1 unspecified atom stereocenters. The van der Waals surface area contributed by atoms with Crippen molar-refractivity contribution in [2.45, 2.75) is 25.8 Å². The molecule has 3 aromatic rings. The lowest BCUT2D eigenvalue weighted by molar-refractivity contribution is -0.121. The third-order valence-electron chi connectivity index (χ3n) is 4.01. The van der Waals surface area contributed by atoms with Crippen LogP contribution in [0.3, 0.4) is 0 Å². The van der Waals surface area contributed by atoms with E-state index in [1.807, 2.05) is 59.4 Å². The summed E-state index contributed by atoms with van der Waals surface area (Å²) in [7, 11) is 0. The Balaban J connectivity index is 1.53. The Morgan fingerprint density at radius 3 is 2.46 bits per heavy atom. The van der Waals surface area contributed by atoms with Gasteiger partial charge in [0.1, 0.15) is 0 Å². The second kappa shape index (κ2) is 7.59. The van der Waals surface area contributed by atoms with Crippen molar-refractivity contribution in [1.82, 2.24) is 15.1 Å². The predicted octanol–water partition coefficient (Wildman–Crippen LogP) is 3.68. The summed E-state index contributed by atoms with van der Waals surface area (Å²) < 4.78 is 1.81. The Morgan fingerprint density at radius 2 is 1.75 bits per heavy atom. The fraction of sp³-hybridized carbons (Fsp3) is 0.200. The molecule has 1 heterocycles. The number of aromatic nitrogens is 2. The molecule has 1 N–H and O–H groups in total. The van der Waals surface area contributed by atoms with Gasteiger partial charge in [0.25, 0.3) is 0 Å². The Kier molecular flexibility index (Phi) is 5.06. The van der Waals surface area contributed by atoms with Gasteiger partial charge < -0.3 is 5.32 Å². The van der Waals surface area contributed by atoms with Crippen molar-refractivity contribution in [2.24, 2.45) is 0 Å². The molecule has 0 saturated carbocycles. The van der Waals surface area contributed by atoms with Gasteiger partial charge in [-0.1, -0.05) is 55.5 Å². The van der Waals surface area contributed by atoms with Crippen LogP contribution in [0.4, 0.5) is 0 Å². The van der Waals surface area contributed by atoms with Gasteiger partial charge in [0.2, 0.25) is 5.91 Å². The number of nitrogens with zero attached hydrogens (tertiary/aromatic N) is 2. The van der Waals surface area contributed by atoms with E-state index in [2.05, 4.69) is 29.5 Å². The highest BCUT2D eigenvalue weighted by atomic mass is 16.1. The van der Waals surface area contributed by atoms with Crippen LogP contribution in [0, 0.1) is 0 Å². The van der Waals surface area contributed by atoms with Gasteiger partial charge in [0, 0.05) is 24.7 Å². The van der Waals surface area contributed by atoms with E-state index in [0.29, 0.717) is 13.0 Å². The molecule has 0 aliphatic carbocycles. The molecule has 0 saturated heterocycles. The molecule has 0 fully saturated rings. The molecule has 0 aliphatic rings. The van der Waals surface area contributed by atoms with Crippen LogP contribution in [-0.2, 0) is 11.3 Å². The molecule has 1 amide bonds. The third-order valence-corrected chi connectivity index (χ3v) is 4.01. The van der Waals surface area contributed by atoms with E-state index < -0.39 is 0 Å². The van der Waals surface area contributed by atoms with Crippen molar-refractivity contribution >= 4 is 5.91 Å². The molecule has 24 heavy (non-hydrogen) atoms. The molecule has 4 nitrogen and oxygen atoms in total. The monoisotopic (exact) mass is 319 g/mol. The van der Waals surface area contributed by atoms with Crippen LogP contribution in [0.1, 0.15) is 30.4 Å². The lowest BCUT2D eigenvalue weighted by atomic mass is 9.97. The maximum atomic E-state index is 12.1. The van der Waals surface area contributed by atoms with Gasteiger partial charge in [0.15, 0.2) is 0 Å². The maximum absolute atomic E-state index is 12.1. The Bertz CT molecular complexity index is 781. The van der Waals surface area contributed by atoms with Crippen molar-refractivity contribution in [2.75, 3.05) is 0 Å². The van der Waals surface area contributed by atoms with Crippen molar-refractivity contribution in [3.63, 3.8) is 0 Å². The van der Waals surface area contributed by atoms with Crippen LogP contribution in [-0.4, -0.2) is 15.7 Å². The Hall–Kier alpha value is -2.88. The number of amides is 1. The number of hydrogen-bond acceptors (Lipinski definition) is 2. The Morgan fingerprint density at radius 1 is 1.08 bits per heavy atom. The van der Waals surface area contributed by atoms with Gasteiger partial charge in [-0.25, -0.2) is 4.68 Å². The zero-order valence-corrected chi connectivity index (χ0v) is 13.7. The number of rotatable bonds is 6. The molecule has 0 radical (unpaired) electrons. The van der Waals surface area contributed by atoms with Crippen LogP contribution >= 0.6 is 0 Å². The van der Waals surface area contributed by atoms with Crippen molar-refractivity contribution in [3.05, 3.63) is 84.2 Å². The first-order valence-corrected chi connectivity index (χ1v) is 8.13. The average Bonchev–Trinajstić information content (AvgIpc) is 3.10. The zero-order chi connectivity index (χ0) is 16.8. The van der Waals surface area contributed by atoms with Gasteiger partial charge >= 0.3 is 0 Å². The van der Waals surface area contributed by atoms with Crippen molar-refractivity contribution in [1.29, 1.82) is 0 Å². The van der Waals surface area contributed by atoms with Crippen molar-refractivity contribution in [3.8, 4) is 5.69 Å². The topological polar surface area (TPSA) is 46.9 Å². The van der Waals surface area contributed by atoms with Crippen LogP contribution in [0.25, 0.3) is 5.69 Å². The summed E-state index contributed by atoms with van der Waals surface area (Å²) in [6, 6.07) is 20.0. The quantitative estimate of drug-likeness (QED) is 0.753. The van der Waals surface area contributed by atoms with Gasteiger partial charge in [-0.3, -0.25) is 4.79 Å². The highest BCUT2D eigenvalue weighted by Gasteiger charge is 2.11. The molecule has 3 rings (SSSR count). The minimum Gasteiger partial charge on any atom is -0.352 e. The standard InChI is InChI=1S/C20H21N3O/c1-16(18-8-4-2-5-9-18)12-20(24)21-13-17-14-22-23(15-17)19-10-6-3-7-11-19/h2-11,14-16H,12-13H2,1H3,(H,21,24). The third kappa shape index (κ3) is 4.10. The normalized spacial score (nSPS) is 11.9. The minimum atomic E-state index is 0.0545. The molecule has 1 aromatic heterocycles. The molecule has 2 aromatic carbocycles. The lowest BCUT2D eigenvalue weighted by Gasteiger charge is -2.11. The molecule has 122 valence electrons. The second-order valence-electron chi connectivity index (χ2n) is 5.92. The fourth-order valence-electron chi connectivity index (χ4n) is 2.62. The molecular weight excluding hydrogens is 298 g/mol. The number of carbonyl (C=O) groups is 1. The number of benzene rings is 2. The van der Waals surface area contributed by atoms with E-state index in [4.69, 9.17) is 0 Å². The summed E-state index contributed by atoms with van der Waals surface area (Å²) in [5.74, 6) is 0.261. The van der Waals surface area contributed by atoms with Crippen LogP contribution < -0.4 is 5.32 Å². The van der Waals surface area contributed by atoms with Crippen LogP contribution in [0.15, 0.2) is 73.1 Å². The number of para-hydroxylation sites is 1. The van der Waals surface area contributed by atoms with E-state index >= 15 is 0 Å². The Labute approximate surface area is 142 Å². The van der Waals surface area contributed by atoms with Crippen molar-refractivity contribution < 1.29 is 4.79 Å². The zero-order valence-electron chi connectivity index (χ0n) is 13.7. The highest BCUT2D eigenvalue weighted by Crippen LogP contribution is 2.18. The molecule has 0 bridgehead atoms. The highest BCUT2D eigenvalue weighted by molar-refractivity contribution is 5.76. The average molecular weight is 319 g/mol. The second-order valence-corrected chi connectivity index (χ2v) is 5.92. The van der Waals surface area contributed by atoms with E-state index in [1.165, 1.54) is 5.56 Å². The first-order valence-electron chi connectivity index (χ1n) is 8.13. The lowest BCUT2D eigenvalue weighted by Crippen LogP contribution is -2.23. The largest absolute Gasteiger partial charge is 0.352 e. The number of carbonyl (C=O) groups excluding carboxylic acids is 1. The number of nitrogens with one attached hydrogen (secondary N) is 1. The van der Waals surface area contributed by atoms with Gasteiger partial charge in [-0.05, 0) is 23.6 Å². The molecular formula is C20H21N3O. The maximum Gasteiger partial charge on any atom is 0.220 e. The minimum absolute atomic E-state index is 0.0545. The van der Waals surface area contributed by atoms with E-state index in [9.17, 15) is 4.79 Å². The summed E-state index contributed by atoms with van der Waals surface area (Å²) in [6.07, 6.45) is 4.21. The van der Waals surface area contributed by atoms with E-state index in [0.717, 1.165) is 11.3 Å². The van der Waals surface area contributed by atoms with Gasteiger partial charge in [-0.2, -0.15) is 5.10 Å². The smallest absolute Gasteiger partial charge is 0.220 e.